The Morgan fingerprint density at radius 2 is 2.05 bits per heavy atom. The van der Waals surface area contributed by atoms with Crippen molar-refractivity contribution in [1.29, 1.82) is 0 Å². The summed E-state index contributed by atoms with van der Waals surface area (Å²) < 4.78 is 2.09. The molecule has 106 valence electrons. The van der Waals surface area contributed by atoms with Gasteiger partial charge < -0.3 is 11.1 Å². The third-order valence-electron chi connectivity index (χ3n) is 4.00. The van der Waals surface area contributed by atoms with Gasteiger partial charge in [-0.25, -0.2) is 4.68 Å². The van der Waals surface area contributed by atoms with Gasteiger partial charge in [-0.3, -0.25) is 0 Å². The van der Waals surface area contributed by atoms with Crippen LogP contribution in [0.1, 0.15) is 37.3 Å². The average molecular weight is 270 g/mol. The Bertz CT molecular complexity index is 543. The monoisotopic (exact) mass is 270 g/mol. The Labute approximate surface area is 120 Å². The van der Waals surface area contributed by atoms with Crippen LogP contribution >= 0.6 is 0 Å². The highest BCUT2D eigenvalue weighted by Crippen LogP contribution is 2.40. The first-order chi connectivity index (χ1) is 9.90. The number of nitrogens with zero attached hydrogens (tertiary/aromatic N) is 2. The van der Waals surface area contributed by atoms with Gasteiger partial charge in [-0.1, -0.05) is 24.6 Å². The van der Waals surface area contributed by atoms with Gasteiger partial charge in [0.15, 0.2) is 0 Å². The summed E-state index contributed by atoms with van der Waals surface area (Å²) in [5, 5.41) is 8.08. The molecule has 1 aliphatic rings. The van der Waals surface area contributed by atoms with Crippen molar-refractivity contribution in [3.05, 3.63) is 42.2 Å². The van der Waals surface area contributed by atoms with E-state index in [-0.39, 0.29) is 0 Å². The van der Waals surface area contributed by atoms with Crippen molar-refractivity contribution >= 4 is 5.69 Å². The van der Waals surface area contributed by atoms with Crippen molar-refractivity contribution in [3.63, 3.8) is 0 Å². The second-order valence-electron chi connectivity index (χ2n) is 5.39. The number of hydrogen-bond donors (Lipinski definition) is 2. The van der Waals surface area contributed by atoms with Gasteiger partial charge in [-0.05, 0) is 37.9 Å². The van der Waals surface area contributed by atoms with Gasteiger partial charge in [0.2, 0.25) is 0 Å². The van der Waals surface area contributed by atoms with Gasteiger partial charge in [0.05, 0.1) is 23.3 Å². The van der Waals surface area contributed by atoms with Crippen LogP contribution in [0.15, 0.2) is 36.5 Å². The summed E-state index contributed by atoms with van der Waals surface area (Å²) in [4.78, 5) is 0. The van der Waals surface area contributed by atoms with Crippen LogP contribution in [0.2, 0.25) is 0 Å². The van der Waals surface area contributed by atoms with Crippen LogP contribution in [-0.2, 0) is 0 Å². The summed E-state index contributed by atoms with van der Waals surface area (Å²) in [6.45, 7) is 1.63. The molecule has 0 spiro atoms. The van der Waals surface area contributed by atoms with Crippen LogP contribution in [-0.4, -0.2) is 22.9 Å². The smallest absolute Gasteiger partial charge is 0.0766 e. The lowest BCUT2D eigenvalue weighted by Gasteiger charge is -2.27. The number of hydrogen-bond acceptors (Lipinski definition) is 3. The van der Waals surface area contributed by atoms with Gasteiger partial charge in [0.1, 0.15) is 0 Å². The van der Waals surface area contributed by atoms with Crippen molar-refractivity contribution in [2.75, 3.05) is 18.4 Å². The largest absolute Gasteiger partial charge is 0.382 e. The number of nitrogens with two attached hydrogens (primary N) is 1. The highest BCUT2D eigenvalue weighted by molar-refractivity contribution is 5.52. The number of anilines is 1. The zero-order valence-electron chi connectivity index (χ0n) is 11.8. The minimum Gasteiger partial charge on any atom is -0.382 e. The van der Waals surface area contributed by atoms with Crippen molar-refractivity contribution < 1.29 is 0 Å². The fraction of sp³-hybridized carbons (Fsp3) is 0.438. The van der Waals surface area contributed by atoms with E-state index in [9.17, 15) is 0 Å². The molecule has 1 saturated carbocycles. The highest BCUT2D eigenvalue weighted by atomic mass is 15.3. The molecule has 3 N–H and O–H groups in total. The lowest BCUT2D eigenvalue weighted by atomic mass is 9.82. The predicted molar refractivity (Wildman–Crippen MR) is 82.3 cm³/mol. The first kappa shape index (κ1) is 13.2. The maximum atomic E-state index is 5.56. The molecule has 20 heavy (non-hydrogen) atoms. The van der Waals surface area contributed by atoms with E-state index in [0.717, 1.165) is 25.2 Å². The van der Waals surface area contributed by atoms with Gasteiger partial charge in [0, 0.05) is 12.5 Å². The Kier molecular flexibility index (Phi) is 4.02. The maximum Gasteiger partial charge on any atom is 0.0766 e. The van der Waals surface area contributed by atoms with E-state index in [1.165, 1.54) is 30.6 Å². The lowest BCUT2D eigenvalue weighted by molar-refractivity contribution is 0.404. The molecule has 1 aliphatic carbocycles. The molecule has 4 heteroatoms. The van der Waals surface area contributed by atoms with Gasteiger partial charge >= 0.3 is 0 Å². The van der Waals surface area contributed by atoms with Crippen LogP contribution in [0, 0.1) is 0 Å². The SMILES string of the molecule is NCCCNc1cnn(-c2ccccc2)c1C1CCC1. The number of benzene rings is 1. The van der Waals surface area contributed by atoms with Crippen molar-refractivity contribution in [2.45, 2.75) is 31.6 Å². The summed E-state index contributed by atoms with van der Waals surface area (Å²) in [7, 11) is 0. The third-order valence-corrected chi connectivity index (χ3v) is 4.00. The quantitative estimate of drug-likeness (QED) is 0.794. The van der Waals surface area contributed by atoms with Gasteiger partial charge in [-0.15, -0.1) is 0 Å². The minimum atomic E-state index is 0.637. The molecule has 0 radical (unpaired) electrons. The molecule has 1 fully saturated rings. The predicted octanol–water partition coefficient (Wildman–Crippen LogP) is 2.90. The third kappa shape index (κ3) is 2.56. The van der Waals surface area contributed by atoms with Crippen molar-refractivity contribution in [2.24, 2.45) is 5.73 Å². The van der Waals surface area contributed by atoms with Crippen LogP contribution in [0.4, 0.5) is 5.69 Å². The van der Waals surface area contributed by atoms with Crippen molar-refractivity contribution in [1.82, 2.24) is 9.78 Å². The first-order valence-electron chi connectivity index (χ1n) is 7.47. The molecule has 1 heterocycles. The molecule has 0 bridgehead atoms. The van der Waals surface area contributed by atoms with Crippen molar-refractivity contribution in [3.8, 4) is 5.69 Å². The van der Waals surface area contributed by atoms with Crippen LogP contribution in [0.25, 0.3) is 5.69 Å². The molecule has 2 aromatic rings. The van der Waals surface area contributed by atoms with E-state index in [1.54, 1.807) is 0 Å². The molecule has 0 amide bonds. The second kappa shape index (κ2) is 6.09. The Hall–Kier alpha value is -1.81. The summed E-state index contributed by atoms with van der Waals surface area (Å²) in [5.41, 5.74) is 9.21. The van der Waals surface area contributed by atoms with Gasteiger partial charge in [0.25, 0.3) is 0 Å². The number of nitrogens with one attached hydrogen (secondary N) is 1. The summed E-state index contributed by atoms with van der Waals surface area (Å²) in [6.07, 6.45) is 6.80. The van der Waals surface area contributed by atoms with E-state index >= 15 is 0 Å². The molecule has 1 aromatic heterocycles. The lowest BCUT2D eigenvalue weighted by Crippen LogP contribution is -2.17. The van der Waals surface area contributed by atoms with E-state index in [4.69, 9.17) is 5.73 Å². The fourth-order valence-electron chi connectivity index (χ4n) is 2.67. The zero-order valence-corrected chi connectivity index (χ0v) is 11.8. The normalized spacial score (nSPS) is 15.1. The van der Waals surface area contributed by atoms with Gasteiger partial charge in [-0.2, -0.15) is 5.10 Å². The van der Waals surface area contributed by atoms with E-state index in [1.807, 2.05) is 12.3 Å². The topological polar surface area (TPSA) is 55.9 Å². The van der Waals surface area contributed by atoms with E-state index in [2.05, 4.69) is 39.4 Å². The standard InChI is InChI=1S/C16H22N4/c17-10-5-11-18-15-12-19-20(14-8-2-1-3-9-14)16(15)13-6-4-7-13/h1-3,8-9,12-13,18H,4-7,10-11,17H2. The molecule has 1 aromatic carbocycles. The first-order valence-corrected chi connectivity index (χ1v) is 7.47. The molecular formula is C16H22N4. The molecule has 0 saturated heterocycles. The second-order valence-corrected chi connectivity index (χ2v) is 5.39. The summed E-state index contributed by atoms with van der Waals surface area (Å²) in [6, 6.07) is 10.4. The average Bonchev–Trinajstić information content (AvgIpc) is 2.82. The number of rotatable bonds is 6. The molecule has 0 unspecified atom stereocenters. The molecule has 0 aliphatic heterocycles. The molecular weight excluding hydrogens is 248 g/mol. The maximum absolute atomic E-state index is 5.56. The van der Waals surface area contributed by atoms with Crippen LogP contribution in [0.5, 0.6) is 0 Å². The minimum absolute atomic E-state index is 0.637. The Morgan fingerprint density at radius 1 is 1.25 bits per heavy atom. The summed E-state index contributed by atoms with van der Waals surface area (Å²) in [5.74, 6) is 0.637. The molecule has 0 atom stereocenters. The fourth-order valence-corrected chi connectivity index (χ4v) is 2.67. The van der Waals surface area contributed by atoms with Crippen LogP contribution in [0.3, 0.4) is 0 Å². The highest BCUT2D eigenvalue weighted by Gasteiger charge is 2.27. The molecule has 3 rings (SSSR count). The summed E-state index contributed by atoms with van der Waals surface area (Å²) >= 11 is 0. The number of para-hydroxylation sites is 1. The number of aromatic nitrogens is 2. The Balaban J connectivity index is 1.89. The molecule has 4 nitrogen and oxygen atoms in total. The van der Waals surface area contributed by atoms with E-state index < -0.39 is 0 Å². The van der Waals surface area contributed by atoms with Crippen LogP contribution < -0.4 is 11.1 Å². The zero-order chi connectivity index (χ0) is 13.8. The van der Waals surface area contributed by atoms with E-state index in [0.29, 0.717) is 5.92 Å². The Morgan fingerprint density at radius 3 is 2.70 bits per heavy atom.